The molecule has 2 N–H and O–H groups in total. The number of nitro groups is 1. The Morgan fingerprint density at radius 3 is 2.71 bits per heavy atom. The number of anilines is 2. The molecular formula is C21H22N6O4. The lowest BCUT2D eigenvalue weighted by atomic mass is 9.96. The number of non-ortho nitro benzene ring substituents is 1. The van der Waals surface area contributed by atoms with Crippen LogP contribution in [0.15, 0.2) is 36.5 Å². The van der Waals surface area contributed by atoms with Gasteiger partial charge in [-0.1, -0.05) is 6.07 Å². The van der Waals surface area contributed by atoms with E-state index in [0.29, 0.717) is 36.6 Å². The number of hydrogen-bond acceptors (Lipinski definition) is 7. The number of rotatable bonds is 5. The van der Waals surface area contributed by atoms with Gasteiger partial charge in [0.1, 0.15) is 11.9 Å². The highest BCUT2D eigenvalue weighted by Gasteiger charge is 2.23. The maximum Gasteiger partial charge on any atom is 0.313 e. The van der Waals surface area contributed by atoms with Gasteiger partial charge in [-0.15, -0.1) is 0 Å². The topological polar surface area (TPSA) is 141 Å². The first kappa shape index (κ1) is 21.7. The molecule has 1 fully saturated rings. The van der Waals surface area contributed by atoms with E-state index in [9.17, 15) is 25.0 Å². The van der Waals surface area contributed by atoms with Gasteiger partial charge in [-0.3, -0.25) is 19.7 Å². The minimum atomic E-state index is -0.867. The van der Waals surface area contributed by atoms with Crippen LogP contribution in [-0.2, 0) is 9.59 Å². The van der Waals surface area contributed by atoms with Crippen molar-refractivity contribution in [2.45, 2.75) is 19.8 Å². The molecule has 0 bridgehead atoms. The number of pyridine rings is 1. The van der Waals surface area contributed by atoms with Crippen LogP contribution >= 0.6 is 0 Å². The highest BCUT2D eigenvalue weighted by Crippen LogP contribution is 2.24. The van der Waals surface area contributed by atoms with Gasteiger partial charge in [0.25, 0.3) is 5.69 Å². The minimum absolute atomic E-state index is 0.166. The molecule has 1 aromatic heterocycles. The lowest BCUT2D eigenvalue weighted by Crippen LogP contribution is -2.42. The van der Waals surface area contributed by atoms with Crippen molar-refractivity contribution in [3.63, 3.8) is 0 Å². The lowest BCUT2D eigenvalue weighted by molar-refractivity contribution is -0.384. The number of nitrogens with one attached hydrogen (secondary N) is 2. The molecule has 0 radical (unpaired) electrons. The predicted octanol–water partition coefficient (Wildman–Crippen LogP) is 2.14. The minimum Gasteiger partial charge on any atom is -0.356 e. The van der Waals surface area contributed by atoms with E-state index in [1.54, 1.807) is 25.3 Å². The van der Waals surface area contributed by atoms with Crippen LogP contribution in [-0.4, -0.2) is 41.4 Å². The molecule has 31 heavy (non-hydrogen) atoms. The quantitative estimate of drug-likeness (QED) is 0.427. The van der Waals surface area contributed by atoms with Crippen LogP contribution in [0.3, 0.4) is 0 Å². The Labute approximate surface area is 179 Å². The summed E-state index contributed by atoms with van der Waals surface area (Å²) < 4.78 is 0. The summed E-state index contributed by atoms with van der Waals surface area (Å²) in [6, 6.07) is 9.68. The summed E-state index contributed by atoms with van der Waals surface area (Å²) >= 11 is 0. The second-order valence-corrected chi connectivity index (χ2v) is 7.34. The molecule has 2 aromatic rings. The third-order valence-corrected chi connectivity index (χ3v) is 5.26. The van der Waals surface area contributed by atoms with Gasteiger partial charge >= 0.3 is 11.8 Å². The molecule has 0 aliphatic carbocycles. The molecule has 0 atom stereocenters. The number of benzene rings is 1. The van der Waals surface area contributed by atoms with E-state index in [-0.39, 0.29) is 17.3 Å². The van der Waals surface area contributed by atoms with Gasteiger partial charge in [0.2, 0.25) is 0 Å². The Balaban J connectivity index is 1.49. The van der Waals surface area contributed by atoms with E-state index in [2.05, 4.69) is 26.6 Å². The number of carbonyl (C=O) groups is 2. The summed E-state index contributed by atoms with van der Waals surface area (Å²) in [6.45, 7) is 3.43. The van der Waals surface area contributed by atoms with Crippen LogP contribution in [0.5, 0.6) is 0 Å². The number of amides is 2. The number of hydrogen-bond donors (Lipinski definition) is 2. The average molecular weight is 422 g/mol. The van der Waals surface area contributed by atoms with Crippen molar-refractivity contribution in [3.8, 4) is 6.07 Å². The van der Waals surface area contributed by atoms with Crippen molar-refractivity contribution < 1.29 is 14.5 Å². The summed E-state index contributed by atoms with van der Waals surface area (Å²) in [5.74, 6) is -0.793. The molecule has 0 saturated carbocycles. The first-order valence-corrected chi connectivity index (χ1v) is 9.83. The summed E-state index contributed by atoms with van der Waals surface area (Å²) in [4.78, 5) is 41.0. The van der Waals surface area contributed by atoms with Crippen molar-refractivity contribution in [1.29, 1.82) is 5.26 Å². The van der Waals surface area contributed by atoms with Crippen LogP contribution in [0.4, 0.5) is 17.2 Å². The zero-order valence-electron chi connectivity index (χ0n) is 17.0. The Morgan fingerprint density at radius 1 is 1.29 bits per heavy atom. The maximum atomic E-state index is 12.2. The molecule has 3 rings (SSSR count). The molecule has 1 aliphatic heterocycles. The second-order valence-electron chi connectivity index (χ2n) is 7.34. The number of nitriles is 1. The number of aryl methyl sites for hydroxylation is 1. The predicted molar refractivity (Wildman–Crippen MR) is 113 cm³/mol. The largest absolute Gasteiger partial charge is 0.356 e. The van der Waals surface area contributed by atoms with Gasteiger partial charge in [-0.2, -0.15) is 5.26 Å². The van der Waals surface area contributed by atoms with Crippen LogP contribution < -0.4 is 15.5 Å². The molecule has 10 nitrogen and oxygen atoms in total. The average Bonchev–Trinajstić information content (AvgIpc) is 2.79. The standard InChI is InChI=1S/C21H22N6O4/c1-14-4-5-17(27(30)31)11-18(14)25-21(29)20(28)24-13-15-6-9-26(10-7-15)19-16(12-22)3-2-8-23-19/h2-5,8,11,15H,6-7,9-10,13H2,1H3,(H,24,28)(H,25,29). The van der Waals surface area contributed by atoms with Crippen molar-refractivity contribution in [3.05, 3.63) is 57.8 Å². The summed E-state index contributed by atoms with van der Waals surface area (Å²) in [5, 5.41) is 25.2. The van der Waals surface area contributed by atoms with Gasteiger partial charge < -0.3 is 15.5 Å². The summed E-state index contributed by atoms with van der Waals surface area (Å²) in [5.41, 5.74) is 1.21. The van der Waals surface area contributed by atoms with Crippen LogP contribution in [0.1, 0.15) is 24.0 Å². The van der Waals surface area contributed by atoms with E-state index in [4.69, 9.17) is 0 Å². The van der Waals surface area contributed by atoms with E-state index < -0.39 is 16.7 Å². The maximum absolute atomic E-state index is 12.2. The smallest absolute Gasteiger partial charge is 0.313 e. The van der Waals surface area contributed by atoms with E-state index in [1.165, 1.54) is 18.2 Å². The molecule has 10 heteroatoms. The Kier molecular flexibility index (Phi) is 6.77. The first-order valence-electron chi connectivity index (χ1n) is 9.83. The fourth-order valence-corrected chi connectivity index (χ4v) is 3.44. The zero-order valence-corrected chi connectivity index (χ0v) is 17.0. The van der Waals surface area contributed by atoms with Gasteiger partial charge in [0, 0.05) is 38.0 Å². The highest BCUT2D eigenvalue weighted by molar-refractivity contribution is 6.39. The number of aromatic nitrogens is 1. The van der Waals surface area contributed by atoms with Crippen molar-refractivity contribution in [2.75, 3.05) is 29.9 Å². The molecule has 160 valence electrons. The second kappa shape index (κ2) is 9.67. The highest BCUT2D eigenvalue weighted by atomic mass is 16.6. The van der Waals surface area contributed by atoms with Crippen LogP contribution in [0, 0.1) is 34.3 Å². The van der Waals surface area contributed by atoms with Crippen molar-refractivity contribution in [1.82, 2.24) is 10.3 Å². The Bertz CT molecular complexity index is 1040. The monoisotopic (exact) mass is 422 g/mol. The summed E-state index contributed by atoms with van der Waals surface area (Å²) in [7, 11) is 0. The molecule has 0 spiro atoms. The first-order chi connectivity index (χ1) is 14.9. The SMILES string of the molecule is Cc1ccc([N+](=O)[O-])cc1NC(=O)C(=O)NCC1CCN(c2ncccc2C#N)CC1. The number of nitro benzene ring substituents is 1. The molecule has 2 amide bonds. The third kappa shape index (κ3) is 5.33. The number of piperidine rings is 1. The number of nitrogens with zero attached hydrogens (tertiary/aromatic N) is 4. The van der Waals surface area contributed by atoms with E-state index >= 15 is 0 Å². The zero-order chi connectivity index (χ0) is 22.4. The van der Waals surface area contributed by atoms with Crippen LogP contribution in [0.25, 0.3) is 0 Å². The number of carbonyl (C=O) groups excluding carboxylic acids is 2. The normalized spacial score (nSPS) is 13.9. The van der Waals surface area contributed by atoms with Gasteiger partial charge in [-0.25, -0.2) is 4.98 Å². The molecule has 2 heterocycles. The lowest BCUT2D eigenvalue weighted by Gasteiger charge is -2.33. The Hall–Kier alpha value is -4.00. The Morgan fingerprint density at radius 2 is 2.03 bits per heavy atom. The van der Waals surface area contributed by atoms with E-state index in [0.717, 1.165) is 12.8 Å². The third-order valence-electron chi connectivity index (χ3n) is 5.26. The van der Waals surface area contributed by atoms with Gasteiger partial charge in [-0.05, 0) is 43.4 Å². The van der Waals surface area contributed by atoms with E-state index in [1.807, 2.05) is 0 Å². The molecule has 0 unspecified atom stereocenters. The van der Waals surface area contributed by atoms with Gasteiger partial charge in [0.05, 0.1) is 16.2 Å². The molecule has 1 saturated heterocycles. The summed E-state index contributed by atoms with van der Waals surface area (Å²) in [6.07, 6.45) is 3.23. The molecule has 1 aromatic carbocycles. The van der Waals surface area contributed by atoms with Gasteiger partial charge in [0.15, 0.2) is 0 Å². The fraction of sp³-hybridized carbons (Fsp3) is 0.333. The van der Waals surface area contributed by atoms with Crippen LogP contribution in [0.2, 0.25) is 0 Å². The fourth-order valence-electron chi connectivity index (χ4n) is 3.44. The van der Waals surface area contributed by atoms with Crippen molar-refractivity contribution in [2.24, 2.45) is 5.92 Å². The van der Waals surface area contributed by atoms with Crippen molar-refractivity contribution >= 4 is 29.0 Å². The molecular weight excluding hydrogens is 400 g/mol. The molecule has 1 aliphatic rings.